The van der Waals surface area contributed by atoms with Crippen LogP contribution in [-0.2, 0) is 0 Å². The minimum Gasteiger partial charge on any atom is -0.493 e. The number of amides is 2. The van der Waals surface area contributed by atoms with E-state index in [4.69, 9.17) is 21.6 Å². The summed E-state index contributed by atoms with van der Waals surface area (Å²) in [6.45, 7) is 0.270. The van der Waals surface area contributed by atoms with Gasteiger partial charge in [-0.25, -0.2) is 18.6 Å². The molecule has 1 aliphatic heterocycles. The molecule has 9 heteroatoms. The number of halogens is 3. The molecule has 2 N–H and O–H groups in total. The van der Waals surface area contributed by atoms with Gasteiger partial charge in [0.1, 0.15) is 34.4 Å². The molecule has 0 unspecified atom stereocenters. The van der Waals surface area contributed by atoms with Crippen LogP contribution in [0.2, 0.25) is 5.15 Å². The first-order valence-electron chi connectivity index (χ1n) is 7.74. The van der Waals surface area contributed by atoms with Crippen molar-refractivity contribution in [2.24, 2.45) is 5.92 Å². The van der Waals surface area contributed by atoms with E-state index in [2.05, 4.69) is 15.6 Å². The number of rotatable bonds is 2. The summed E-state index contributed by atoms with van der Waals surface area (Å²) in [6, 6.07) is 5.85. The molecular weight excluding hydrogens is 366 g/mol. The SMILES string of the molecule is N#Cc1ccc(NC(=O)N[C@@H]2[C@@H]3COc4cc(F)cc(F)c4[C@@H]32)nc1Cl. The molecule has 1 aromatic carbocycles. The molecule has 26 heavy (non-hydrogen) atoms. The van der Waals surface area contributed by atoms with Gasteiger partial charge >= 0.3 is 6.03 Å². The highest BCUT2D eigenvalue weighted by atomic mass is 35.5. The number of pyridine rings is 1. The summed E-state index contributed by atoms with van der Waals surface area (Å²) in [6.07, 6.45) is 0. The molecule has 0 bridgehead atoms. The van der Waals surface area contributed by atoms with Gasteiger partial charge in [0.15, 0.2) is 0 Å². The fourth-order valence-electron chi connectivity index (χ4n) is 3.25. The number of ether oxygens (including phenoxy) is 1. The molecule has 1 fully saturated rings. The van der Waals surface area contributed by atoms with E-state index in [9.17, 15) is 13.6 Å². The number of aromatic nitrogens is 1. The minimum absolute atomic E-state index is 0.0168. The van der Waals surface area contributed by atoms with Gasteiger partial charge in [-0.15, -0.1) is 0 Å². The Kier molecular flexibility index (Phi) is 3.89. The number of nitrogens with zero attached hydrogens (tertiary/aromatic N) is 2. The monoisotopic (exact) mass is 376 g/mol. The molecular formula is C17H11ClF2N4O2. The number of nitriles is 1. The van der Waals surface area contributed by atoms with Crippen LogP contribution in [-0.4, -0.2) is 23.7 Å². The summed E-state index contributed by atoms with van der Waals surface area (Å²) in [5, 5.41) is 14.0. The first-order valence-corrected chi connectivity index (χ1v) is 8.11. The van der Waals surface area contributed by atoms with Crippen LogP contribution in [0.3, 0.4) is 0 Å². The second-order valence-electron chi connectivity index (χ2n) is 6.07. The Morgan fingerprint density at radius 1 is 1.38 bits per heavy atom. The van der Waals surface area contributed by atoms with E-state index in [1.54, 1.807) is 0 Å². The van der Waals surface area contributed by atoms with Gasteiger partial charge in [-0.1, -0.05) is 11.6 Å². The van der Waals surface area contributed by atoms with E-state index < -0.39 is 17.7 Å². The maximum absolute atomic E-state index is 14.1. The van der Waals surface area contributed by atoms with Crippen molar-refractivity contribution in [3.05, 3.63) is 52.2 Å². The highest BCUT2D eigenvalue weighted by Gasteiger charge is 2.57. The van der Waals surface area contributed by atoms with E-state index in [0.29, 0.717) is 0 Å². The van der Waals surface area contributed by atoms with E-state index in [1.165, 1.54) is 12.1 Å². The van der Waals surface area contributed by atoms with Crippen LogP contribution in [0.25, 0.3) is 0 Å². The Labute approximate surface area is 151 Å². The maximum Gasteiger partial charge on any atom is 0.320 e. The third-order valence-corrected chi connectivity index (χ3v) is 4.79. The number of hydrogen-bond donors (Lipinski definition) is 2. The van der Waals surface area contributed by atoms with Crippen molar-refractivity contribution in [1.82, 2.24) is 10.3 Å². The third kappa shape index (κ3) is 2.80. The van der Waals surface area contributed by atoms with Gasteiger partial charge < -0.3 is 10.1 Å². The largest absolute Gasteiger partial charge is 0.493 e. The molecule has 2 amide bonds. The van der Waals surface area contributed by atoms with Gasteiger partial charge in [0.05, 0.1) is 12.2 Å². The van der Waals surface area contributed by atoms with Crippen molar-refractivity contribution in [3.63, 3.8) is 0 Å². The molecule has 2 aromatic rings. The molecule has 0 radical (unpaired) electrons. The highest BCUT2D eigenvalue weighted by molar-refractivity contribution is 6.30. The molecule has 0 spiro atoms. The van der Waals surface area contributed by atoms with Gasteiger partial charge in [-0.3, -0.25) is 5.32 Å². The number of fused-ring (bicyclic) bond motifs is 3. The molecule has 2 aliphatic rings. The summed E-state index contributed by atoms with van der Waals surface area (Å²) < 4.78 is 32.8. The van der Waals surface area contributed by atoms with E-state index in [1.807, 2.05) is 6.07 Å². The second-order valence-corrected chi connectivity index (χ2v) is 6.43. The maximum atomic E-state index is 14.1. The van der Waals surface area contributed by atoms with Gasteiger partial charge in [-0.2, -0.15) is 5.26 Å². The van der Waals surface area contributed by atoms with Gasteiger partial charge in [-0.05, 0) is 12.1 Å². The fraction of sp³-hybridized carbons (Fsp3) is 0.235. The average molecular weight is 377 g/mol. The van der Waals surface area contributed by atoms with Gasteiger partial charge in [0.25, 0.3) is 0 Å². The number of anilines is 1. The van der Waals surface area contributed by atoms with E-state index in [-0.39, 0.29) is 52.3 Å². The minimum atomic E-state index is -0.702. The predicted octanol–water partition coefficient (Wildman–Crippen LogP) is 3.18. The lowest BCUT2D eigenvalue weighted by molar-refractivity contribution is 0.249. The first kappa shape index (κ1) is 16.5. The zero-order valence-electron chi connectivity index (χ0n) is 13.1. The quantitative estimate of drug-likeness (QED) is 0.788. The Morgan fingerprint density at radius 3 is 2.92 bits per heavy atom. The van der Waals surface area contributed by atoms with Crippen LogP contribution in [0.1, 0.15) is 17.0 Å². The molecule has 3 atom stereocenters. The molecule has 1 aromatic heterocycles. The lowest BCUT2D eigenvalue weighted by Crippen LogP contribution is -2.32. The summed E-state index contributed by atoms with van der Waals surface area (Å²) in [5.41, 5.74) is 0.481. The molecule has 4 rings (SSSR count). The summed E-state index contributed by atoms with van der Waals surface area (Å²) >= 11 is 5.82. The van der Waals surface area contributed by atoms with Crippen molar-refractivity contribution < 1.29 is 18.3 Å². The summed E-state index contributed by atoms with van der Waals surface area (Å²) in [4.78, 5) is 16.1. The lowest BCUT2D eigenvalue weighted by Gasteiger charge is -2.16. The highest BCUT2D eigenvalue weighted by Crippen LogP contribution is 2.54. The number of nitrogens with one attached hydrogen (secondary N) is 2. The smallest absolute Gasteiger partial charge is 0.320 e. The molecule has 1 saturated carbocycles. The Hall–Kier alpha value is -2.92. The van der Waals surface area contributed by atoms with Crippen LogP contribution < -0.4 is 15.4 Å². The van der Waals surface area contributed by atoms with Crippen LogP contribution >= 0.6 is 11.6 Å². The number of hydrogen-bond acceptors (Lipinski definition) is 4. The summed E-state index contributed by atoms with van der Waals surface area (Å²) in [7, 11) is 0. The van der Waals surface area contributed by atoms with Crippen LogP contribution in [0.15, 0.2) is 24.3 Å². The van der Waals surface area contributed by atoms with Crippen molar-refractivity contribution in [2.75, 3.05) is 11.9 Å². The zero-order valence-corrected chi connectivity index (χ0v) is 13.8. The first-order chi connectivity index (χ1) is 12.5. The standard InChI is InChI=1S/C17H11ClF2N4O2/c18-16-7(5-21)1-2-12(22-16)23-17(25)24-15-9-6-26-11-4-8(19)3-10(20)14(11)13(9)15/h1-4,9,13,15H,6H2,(H2,22,23,24,25)/t9-,13-,15-/m1/s1. The van der Waals surface area contributed by atoms with E-state index >= 15 is 0 Å². The van der Waals surface area contributed by atoms with Crippen LogP contribution in [0, 0.1) is 28.9 Å². The van der Waals surface area contributed by atoms with Crippen molar-refractivity contribution >= 4 is 23.4 Å². The summed E-state index contributed by atoms with van der Waals surface area (Å²) in [5.74, 6) is -1.37. The number of carbonyl (C=O) groups excluding carboxylic acids is 1. The average Bonchev–Trinajstić information content (AvgIpc) is 3.27. The van der Waals surface area contributed by atoms with Crippen molar-refractivity contribution in [1.29, 1.82) is 5.26 Å². The Bertz CT molecular complexity index is 963. The molecule has 0 saturated heterocycles. The molecule has 132 valence electrons. The van der Waals surface area contributed by atoms with Crippen LogP contribution in [0.4, 0.5) is 19.4 Å². The van der Waals surface area contributed by atoms with Crippen molar-refractivity contribution in [3.8, 4) is 11.8 Å². The molecule has 1 aliphatic carbocycles. The number of benzene rings is 1. The second kappa shape index (κ2) is 6.11. The number of urea groups is 1. The topological polar surface area (TPSA) is 87.0 Å². The third-order valence-electron chi connectivity index (χ3n) is 4.50. The fourth-order valence-corrected chi connectivity index (χ4v) is 3.45. The zero-order chi connectivity index (χ0) is 18.4. The number of carbonyl (C=O) groups is 1. The Balaban J connectivity index is 1.45. The van der Waals surface area contributed by atoms with Crippen LogP contribution in [0.5, 0.6) is 5.75 Å². The van der Waals surface area contributed by atoms with E-state index in [0.717, 1.165) is 12.1 Å². The molecule has 6 nitrogen and oxygen atoms in total. The van der Waals surface area contributed by atoms with Crippen molar-refractivity contribution in [2.45, 2.75) is 12.0 Å². The normalized spacial score (nSPS) is 22.3. The van der Waals surface area contributed by atoms with Gasteiger partial charge in [0, 0.05) is 35.6 Å². The predicted molar refractivity (Wildman–Crippen MR) is 88.0 cm³/mol. The van der Waals surface area contributed by atoms with Gasteiger partial charge in [0.2, 0.25) is 0 Å². The lowest BCUT2D eigenvalue weighted by atomic mass is 10.0. The Morgan fingerprint density at radius 2 is 2.19 bits per heavy atom. The molecule has 2 heterocycles.